The van der Waals surface area contributed by atoms with Gasteiger partial charge in [0, 0.05) is 0 Å². The number of aliphatic hydroxyl groups excluding tert-OH is 1. The molecule has 0 rings (SSSR count). The third-order valence-electron chi connectivity index (χ3n) is 0.805. The average Bonchev–Trinajstić information content (AvgIpc) is 1.64. The second-order valence-corrected chi connectivity index (χ2v) is 1.60. The van der Waals surface area contributed by atoms with Crippen LogP contribution in [-0.2, 0) is 4.79 Å². The first-order valence-electron chi connectivity index (χ1n) is 2.22. The fraction of sp³-hybridized carbons (Fsp3) is 0.750. The van der Waals surface area contributed by atoms with Crippen LogP contribution >= 0.6 is 0 Å². The number of carbonyl (C=O) groups is 1. The molecule has 0 aromatic carbocycles. The first-order valence-corrected chi connectivity index (χ1v) is 2.22. The number of rotatable bonds is 2. The summed E-state index contributed by atoms with van der Waals surface area (Å²) in [6, 6.07) is -1.16. The Hall–Kier alpha value is 0.650. The molecule has 0 aliphatic heterocycles. The fourth-order valence-corrected chi connectivity index (χ4v) is 0.206. The summed E-state index contributed by atoms with van der Waals surface area (Å²) in [5.74, 6) is -1.18. The van der Waals surface area contributed by atoms with Gasteiger partial charge in [-0.3, -0.25) is 4.79 Å². The molecule has 5 heteroatoms. The molecular weight excluding hydrogens is 150 g/mol. The van der Waals surface area contributed by atoms with E-state index in [-0.39, 0.29) is 40.6 Å². The number of aliphatic hydroxyl groups is 1. The molecule has 0 bridgehead atoms. The smallest absolute Gasteiger partial charge is 1.00 e. The Morgan fingerprint density at radius 1 is 1.78 bits per heavy atom. The number of hydrogen-bond donors (Lipinski definition) is 3. The molecule has 9 heavy (non-hydrogen) atoms. The molecule has 0 saturated carbocycles. The van der Waals surface area contributed by atoms with Gasteiger partial charge in [-0.2, -0.15) is 0 Å². The Balaban J connectivity index is -0.0000000817. The van der Waals surface area contributed by atoms with Crippen LogP contribution in [0.1, 0.15) is 9.78 Å². The molecule has 4 N–H and O–H groups in total. The van der Waals surface area contributed by atoms with E-state index in [0.29, 0.717) is 0 Å². The van der Waals surface area contributed by atoms with E-state index in [4.69, 9.17) is 15.9 Å². The van der Waals surface area contributed by atoms with Crippen molar-refractivity contribution in [3.63, 3.8) is 0 Å². The quantitative estimate of drug-likeness (QED) is 0.436. The second-order valence-electron chi connectivity index (χ2n) is 1.60. The van der Waals surface area contributed by atoms with Crippen LogP contribution in [0.5, 0.6) is 0 Å². The van der Waals surface area contributed by atoms with Crippen LogP contribution in [0.25, 0.3) is 0 Å². The molecule has 0 spiro atoms. The first kappa shape index (κ1) is 12.3. The van der Waals surface area contributed by atoms with Gasteiger partial charge in [-0.05, 0) is 6.92 Å². The van der Waals surface area contributed by atoms with E-state index in [1.807, 2.05) is 0 Å². The monoisotopic (exact) mass is 161 g/mol. The van der Waals surface area contributed by atoms with E-state index in [0.717, 1.165) is 0 Å². The summed E-state index contributed by atoms with van der Waals surface area (Å²) in [6.07, 6.45) is -0.979. The van der Waals surface area contributed by atoms with Crippen LogP contribution < -0.4 is 5.73 Å². The summed E-state index contributed by atoms with van der Waals surface area (Å²) < 4.78 is 0. The van der Waals surface area contributed by atoms with Crippen molar-refractivity contribution in [2.24, 2.45) is 5.73 Å². The summed E-state index contributed by atoms with van der Waals surface area (Å²) in [4.78, 5) is 9.86. The normalized spacial score (nSPS) is 15.4. The van der Waals surface area contributed by atoms with E-state index >= 15 is 0 Å². The van der Waals surface area contributed by atoms with Gasteiger partial charge < -0.3 is 18.8 Å². The van der Waals surface area contributed by atoms with Crippen LogP contribution in [0.2, 0.25) is 0 Å². The molecule has 2 atom stereocenters. The number of nitrogens with two attached hydrogens (primary N) is 1. The van der Waals surface area contributed by atoms with E-state index in [9.17, 15) is 4.79 Å². The van der Waals surface area contributed by atoms with Gasteiger partial charge in [-0.25, -0.2) is 0 Å². The maximum Gasteiger partial charge on any atom is 2.00 e. The predicted molar refractivity (Wildman–Crippen MR) is 35.3 cm³/mol. The summed E-state index contributed by atoms with van der Waals surface area (Å²) >= 11 is 0. The van der Waals surface area contributed by atoms with Crippen molar-refractivity contribution in [1.82, 2.24) is 0 Å². The zero-order chi connectivity index (χ0) is 6.73. The van der Waals surface area contributed by atoms with E-state index in [1.54, 1.807) is 0 Å². The minimum absolute atomic E-state index is 0. The van der Waals surface area contributed by atoms with Crippen LogP contribution in [0.15, 0.2) is 0 Å². The summed E-state index contributed by atoms with van der Waals surface area (Å²) in [7, 11) is 0. The van der Waals surface area contributed by atoms with Gasteiger partial charge in [0.05, 0.1) is 6.10 Å². The van der Waals surface area contributed by atoms with Crippen LogP contribution in [0.3, 0.4) is 0 Å². The van der Waals surface area contributed by atoms with Crippen molar-refractivity contribution in [3.8, 4) is 0 Å². The molecule has 0 radical (unpaired) electrons. The van der Waals surface area contributed by atoms with Crippen LogP contribution in [-0.4, -0.2) is 66.1 Å². The minimum Gasteiger partial charge on any atom is -1.00 e. The largest absolute Gasteiger partial charge is 2.00 e. The van der Waals surface area contributed by atoms with Gasteiger partial charge in [0.15, 0.2) is 0 Å². The van der Waals surface area contributed by atoms with Crippen molar-refractivity contribution < 1.29 is 17.9 Å². The van der Waals surface area contributed by atoms with Crippen LogP contribution in [0, 0.1) is 0 Å². The molecule has 0 amide bonds. The van der Waals surface area contributed by atoms with E-state index in [2.05, 4.69) is 0 Å². The molecule has 0 saturated heterocycles. The molecule has 2 unspecified atom stereocenters. The molecule has 0 aliphatic carbocycles. The van der Waals surface area contributed by atoms with Gasteiger partial charge in [0.2, 0.25) is 0 Å². The van der Waals surface area contributed by atoms with E-state index in [1.165, 1.54) is 6.92 Å². The zero-order valence-electron chi connectivity index (χ0n) is 7.24. The molecule has 0 aliphatic rings. The minimum atomic E-state index is -1.18. The van der Waals surface area contributed by atoms with Gasteiger partial charge >= 0.3 is 43.7 Å². The van der Waals surface area contributed by atoms with Gasteiger partial charge in [-0.15, -0.1) is 0 Å². The molecule has 0 heterocycles. The van der Waals surface area contributed by atoms with Crippen molar-refractivity contribution in [1.29, 1.82) is 0 Å². The Morgan fingerprint density at radius 2 is 2.11 bits per heavy atom. The SMILES string of the molecule is CC(O)C(N)C(=O)O.[Ca+2].[H-].[H-]. The van der Waals surface area contributed by atoms with Gasteiger partial charge in [0.25, 0.3) is 0 Å². The molecule has 0 aromatic rings. The number of aliphatic carboxylic acids is 1. The Bertz CT molecular complexity index is 103. The maximum absolute atomic E-state index is 9.86. The summed E-state index contributed by atoms with van der Waals surface area (Å²) in [5, 5.41) is 16.6. The Kier molecular flexibility index (Phi) is 7.45. The summed E-state index contributed by atoms with van der Waals surface area (Å²) in [5.41, 5.74) is 4.91. The Labute approximate surface area is 86.0 Å². The summed E-state index contributed by atoms with van der Waals surface area (Å²) in [6.45, 7) is 1.33. The first-order chi connectivity index (χ1) is 3.55. The molecule has 4 nitrogen and oxygen atoms in total. The maximum atomic E-state index is 9.86. The zero-order valence-corrected chi connectivity index (χ0v) is 7.45. The van der Waals surface area contributed by atoms with Gasteiger partial charge in [0.1, 0.15) is 6.04 Å². The fourth-order valence-electron chi connectivity index (χ4n) is 0.206. The average molecular weight is 161 g/mol. The topological polar surface area (TPSA) is 83.5 Å². The number of carboxylic acid groups (broad SMARTS) is 1. The molecule has 0 fully saturated rings. The molecule has 0 aromatic heterocycles. The van der Waals surface area contributed by atoms with E-state index < -0.39 is 18.1 Å². The van der Waals surface area contributed by atoms with Crippen LogP contribution in [0.4, 0.5) is 0 Å². The van der Waals surface area contributed by atoms with Crippen molar-refractivity contribution in [3.05, 3.63) is 0 Å². The molecular formula is C4H11CaNO3. The van der Waals surface area contributed by atoms with Crippen molar-refractivity contribution in [2.45, 2.75) is 19.1 Å². The third-order valence-corrected chi connectivity index (χ3v) is 0.805. The standard InChI is InChI=1S/C4H9NO3.Ca.2H/c1-2(6)3(5)4(7)8;;;/h2-3,6H,5H2,1H3,(H,7,8);;;/q;+2;2*-1. The molecule has 52 valence electrons. The Morgan fingerprint density at radius 3 is 2.11 bits per heavy atom. The van der Waals surface area contributed by atoms with Crippen molar-refractivity contribution in [2.75, 3.05) is 0 Å². The third kappa shape index (κ3) is 5.11. The van der Waals surface area contributed by atoms with Crippen molar-refractivity contribution >= 4 is 43.7 Å². The number of carboxylic acids is 1. The second kappa shape index (κ2) is 5.44. The number of hydrogen-bond acceptors (Lipinski definition) is 3. The van der Waals surface area contributed by atoms with Gasteiger partial charge in [-0.1, -0.05) is 0 Å². The predicted octanol–water partition coefficient (Wildman–Crippen LogP) is -1.38.